The van der Waals surface area contributed by atoms with Crippen molar-refractivity contribution in [3.63, 3.8) is 0 Å². The highest BCUT2D eigenvalue weighted by Gasteiger charge is 2.18. The lowest BCUT2D eigenvalue weighted by molar-refractivity contribution is -0.151. The largest absolute Gasteiger partial charge is 0.459 e. The number of rotatable bonds is 6. The van der Waals surface area contributed by atoms with Gasteiger partial charge in [-0.1, -0.05) is 18.7 Å². The van der Waals surface area contributed by atoms with Gasteiger partial charge in [0, 0.05) is 12.0 Å². The number of anilines is 1. The fourth-order valence-electron chi connectivity index (χ4n) is 1.65. The number of hydrogen-bond donors (Lipinski definition) is 2. The molecule has 0 fully saturated rings. The van der Waals surface area contributed by atoms with Crippen molar-refractivity contribution in [2.75, 3.05) is 11.2 Å². The fourth-order valence-corrected chi connectivity index (χ4v) is 2.45. The highest BCUT2D eigenvalue weighted by Crippen LogP contribution is 2.25. The van der Waals surface area contributed by atoms with Crippen molar-refractivity contribution in [3.05, 3.63) is 11.4 Å². The Kier molecular flexibility index (Phi) is 6.42. The molecule has 0 aliphatic carbocycles. The molecule has 21 heavy (non-hydrogen) atoms. The zero-order valence-electron chi connectivity index (χ0n) is 13.3. The Labute approximate surface area is 130 Å². The second-order valence-corrected chi connectivity index (χ2v) is 6.65. The molecule has 0 saturated carbocycles. The highest BCUT2D eigenvalue weighted by atomic mass is 32.2. The van der Waals surface area contributed by atoms with Gasteiger partial charge in [-0.25, -0.2) is 15.8 Å². The third kappa shape index (κ3) is 5.89. The van der Waals surface area contributed by atoms with Gasteiger partial charge < -0.3 is 10.2 Å². The average molecular weight is 312 g/mol. The monoisotopic (exact) mass is 312 g/mol. The predicted molar refractivity (Wildman–Crippen MR) is 85.1 cm³/mol. The van der Waals surface area contributed by atoms with Gasteiger partial charge in [0.2, 0.25) is 0 Å². The zero-order chi connectivity index (χ0) is 16.0. The molecule has 0 spiro atoms. The van der Waals surface area contributed by atoms with Gasteiger partial charge in [0.05, 0.1) is 5.75 Å². The van der Waals surface area contributed by atoms with Gasteiger partial charge in [-0.15, -0.1) is 0 Å². The fraction of sp³-hybridized carbons (Fsp3) is 0.643. The lowest BCUT2D eigenvalue weighted by Gasteiger charge is -2.19. The topological polar surface area (TPSA) is 90.1 Å². The van der Waals surface area contributed by atoms with Gasteiger partial charge in [-0.2, -0.15) is 0 Å². The van der Waals surface area contributed by atoms with E-state index in [9.17, 15) is 4.79 Å². The summed E-state index contributed by atoms with van der Waals surface area (Å²) < 4.78 is 5.29. The molecule has 0 unspecified atom stereocenters. The summed E-state index contributed by atoms with van der Waals surface area (Å²) in [6, 6.07) is 0. The molecule has 3 N–H and O–H groups in total. The Morgan fingerprint density at radius 1 is 1.38 bits per heavy atom. The van der Waals surface area contributed by atoms with E-state index in [0.29, 0.717) is 5.82 Å². The maximum Gasteiger partial charge on any atom is 0.316 e. The number of nitrogens with two attached hydrogens (primary N) is 1. The lowest BCUT2D eigenvalue weighted by atomic mass is 10.2. The molecule has 0 aliphatic heterocycles. The molecule has 0 amide bonds. The first-order valence-electron chi connectivity index (χ1n) is 6.95. The molecule has 1 heterocycles. The molecule has 7 heteroatoms. The van der Waals surface area contributed by atoms with Crippen molar-refractivity contribution < 1.29 is 9.53 Å². The van der Waals surface area contributed by atoms with Crippen LogP contribution in [0.4, 0.5) is 5.82 Å². The second-order valence-electron chi connectivity index (χ2n) is 5.69. The third-order valence-electron chi connectivity index (χ3n) is 2.50. The molecule has 0 bridgehead atoms. The van der Waals surface area contributed by atoms with E-state index in [4.69, 9.17) is 10.6 Å². The number of carbonyl (C=O) groups is 1. The van der Waals surface area contributed by atoms with Gasteiger partial charge in [0.15, 0.2) is 0 Å². The van der Waals surface area contributed by atoms with Crippen LogP contribution in [0, 0.1) is 6.92 Å². The standard InChI is InChI=1S/C14H24N4O2S/c1-6-7-10-16-12(18-15)9(2)13(17-10)21-8-11(19)20-14(3,4)5/h6-8,15H2,1-5H3,(H,16,17,18). The van der Waals surface area contributed by atoms with Crippen LogP contribution in [-0.2, 0) is 16.0 Å². The molecule has 0 radical (unpaired) electrons. The molecule has 0 atom stereocenters. The number of thioether (sulfide) groups is 1. The van der Waals surface area contributed by atoms with E-state index < -0.39 is 5.60 Å². The van der Waals surface area contributed by atoms with Gasteiger partial charge in [-0.3, -0.25) is 4.79 Å². The zero-order valence-corrected chi connectivity index (χ0v) is 14.1. The van der Waals surface area contributed by atoms with Crippen LogP contribution in [0.5, 0.6) is 0 Å². The van der Waals surface area contributed by atoms with Crippen molar-refractivity contribution in [3.8, 4) is 0 Å². The number of hydrogen-bond acceptors (Lipinski definition) is 7. The van der Waals surface area contributed by atoms with Crippen molar-refractivity contribution in [2.45, 2.75) is 58.1 Å². The van der Waals surface area contributed by atoms with Gasteiger partial charge in [0.25, 0.3) is 0 Å². The van der Waals surface area contributed by atoms with Gasteiger partial charge in [-0.05, 0) is 34.1 Å². The number of hydrazine groups is 1. The van der Waals surface area contributed by atoms with Crippen LogP contribution in [-0.4, -0.2) is 27.3 Å². The summed E-state index contributed by atoms with van der Waals surface area (Å²) in [4.78, 5) is 20.6. The van der Waals surface area contributed by atoms with Gasteiger partial charge in [0.1, 0.15) is 22.3 Å². The first kappa shape index (κ1) is 17.7. The van der Waals surface area contributed by atoms with E-state index in [1.165, 1.54) is 11.8 Å². The van der Waals surface area contributed by atoms with Crippen LogP contribution < -0.4 is 11.3 Å². The van der Waals surface area contributed by atoms with Crippen molar-refractivity contribution >= 4 is 23.5 Å². The Bertz CT molecular complexity index is 500. The Morgan fingerprint density at radius 2 is 2.05 bits per heavy atom. The summed E-state index contributed by atoms with van der Waals surface area (Å²) in [6.07, 6.45) is 1.72. The van der Waals surface area contributed by atoms with Crippen molar-refractivity contribution in [1.29, 1.82) is 0 Å². The van der Waals surface area contributed by atoms with E-state index in [1.807, 2.05) is 27.7 Å². The number of nitrogens with zero attached hydrogens (tertiary/aromatic N) is 2. The summed E-state index contributed by atoms with van der Waals surface area (Å²) >= 11 is 1.34. The maximum atomic E-state index is 11.8. The Hall–Kier alpha value is -1.34. The second kappa shape index (κ2) is 7.61. The minimum atomic E-state index is -0.476. The highest BCUT2D eigenvalue weighted by molar-refractivity contribution is 7.99. The summed E-state index contributed by atoms with van der Waals surface area (Å²) in [5.41, 5.74) is 2.94. The molecule has 118 valence electrons. The predicted octanol–water partition coefficient (Wildman–Crippen LogP) is 2.46. The first-order chi connectivity index (χ1) is 9.76. The van der Waals surface area contributed by atoms with E-state index >= 15 is 0 Å². The van der Waals surface area contributed by atoms with Crippen molar-refractivity contribution in [1.82, 2.24) is 9.97 Å². The number of ether oxygens (including phenoxy) is 1. The van der Waals surface area contributed by atoms with E-state index in [2.05, 4.69) is 22.3 Å². The van der Waals surface area contributed by atoms with E-state index in [1.54, 1.807) is 0 Å². The number of esters is 1. The quantitative estimate of drug-likeness (QED) is 0.274. The van der Waals surface area contributed by atoms with Crippen LogP contribution in [0.2, 0.25) is 0 Å². The van der Waals surface area contributed by atoms with E-state index in [0.717, 1.165) is 29.3 Å². The summed E-state index contributed by atoms with van der Waals surface area (Å²) in [5, 5.41) is 0.757. The molecular formula is C14H24N4O2S. The minimum absolute atomic E-state index is 0.213. The summed E-state index contributed by atoms with van der Waals surface area (Å²) in [6.45, 7) is 9.48. The van der Waals surface area contributed by atoms with Crippen LogP contribution in [0.3, 0.4) is 0 Å². The van der Waals surface area contributed by atoms with Crippen LogP contribution >= 0.6 is 11.8 Å². The number of nitrogens with one attached hydrogen (secondary N) is 1. The molecule has 1 aromatic rings. The molecular weight excluding hydrogens is 288 g/mol. The molecule has 6 nitrogen and oxygen atoms in total. The molecule has 0 aromatic carbocycles. The Morgan fingerprint density at radius 3 is 2.57 bits per heavy atom. The van der Waals surface area contributed by atoms with Crippen molar-refractivity contribution in [2.24, 2.45) is 5.84 Å². The number of aryl methyl sites for hydroxylation is 1. The Balaban J connectivity index is 2.82. The number of aromatic nitrogens is 2. The minimum Gasteiger partial charge on any atom is -0.459 e. The summed E-state index contributed by atoms with van der Waals surface area (Å²) in [7, 11) is 0. The summed E-state index contributed by atoms with van der Waals surface area (Å²) in [5.74, 6) is 6.76. The van der Waals surface area contributed by atoms with Gasteiger partial charge >= 0.3 is 5.97 Å². The third-order valence-corrected chi connectivity index (χ3v) is 3.56. The number of nitrogen functional groups attached to an aromatic ring is 1. The molecule has 1 rings (SSSR count). The SMILES string of the molecule is CCCc1nc(NN)c(C)c(SCC(=O)OC(C)(C)C)n1. The normalized spacial score (nSPS) is 11.3. The lowest BCUT2D eigenvalue weighted by Crippen LogP contribution is -2.25. The smallest absolute Gasteiger partial charge is 0.316 e. The molecule has 1 aromatic heterocycles. The maximum absolute atomic E-state index is 11.8. The molecule has 0 aliphatic rings. The van der Waals surface area contributed by atoms with Crippen LogP contribution in [0.25, 0.3) is 0 Å². The first-order valence-corrected chi connectivity index (χ1v) is 7.94. The van der Waals surface area contributed by atoms with E-state index in [-0.39, 0.29) is 11.7 Å². The van der Waals surface area contributed by atoms with Crippen LogP contribution in [0.15, 0.2) is 5.03 Å². The number of carbonyl (C=O) groups excluding carboxylic acids is 1. The average Bonchev–Trinajstić information content (AvgIpc) is 2.37. The molecule has 0 saturated heterocycles. The van der Waals surface area contributed by atoms with Crippen LogP contribution in [0.1, 0.15) is 45.5 Å².